The largest absolute Gasteiger partial charge is 0.365 e. The maximum Gasteiger partial charge on any atom is 0.102 e. The Labute approximate surface area is 99.0 Å². The van der Waals surface area contributed by atoms with E-state index in [1.165, 1.54) is 16.0 Å². The van der Waals surface area contributed by atoms with Gasteiger partial charge in [-0.3, -0.25) is 0 Å². The van der Waals surface area contributed by atoms with Gasteiger partial charge in [0.05, 0.1) is 6.61 Å². The molecule has 1 aromatic heterocycles. The van der Waals surface area contributed by atoms with Gasteiger partial charge in [0.1, 0.15) is 6.10 Å². The molecule has 2 heterocycles. The van der Waals surface area contributed by atoms with Crippen LogP contribution in [0.25, 0.3) is 10.4 Å². The van der Waals surface area contributed by atoms with E-state index in [4.69, 9.17) is 4.74 Å². The summed E-state index contributed by atoms with van der Waals surface area (Å²) < 4.78 is 5.67. The van der Waals surface area contributed by atoms with Gasteiger partial charge in [0.15, 0.2) is 0 Å². The number of hydrogen-bond acceptors (Lipinski definition) is 2. The third kappa shape index (κ3) is 1.70. The van der Waals surface area contributed by atoms with Crippen molar-refractivity contribution in [3.05, 3.63) is 59.5 Å². The molecule has 0 spiro atoms. The molecule has 0 radical (unpaired) electrons. The maximum absolute atomic E-state index is 5.67. The van der Waals surface area contributed by atoms with Gasteiger partial charge in [-0.15, -0.1) is 11.3 Å². The Bertz CT molecular complexity index is 499. The second kappa shape index (κ2) is 4.24. The molecular weight excluding hydrogens is 216 g/mol. The van der Waals surface area contributed by atoms with Crippen molar-refractivity contribution >= 4 is 11.3 Å². The monoisotopic (exact) mass is 228 g/mol. The Morgan fingerprint density at radius 2 is 2.06 bits per heavy atom. The third-order valence-corrected chi connectivity index (χ3v) is 3.64. The van der Waals surface area contributed by atoms with Crippen molar-refractivity contribution in [3.63, 3.8) is 0 Å². The Morgan fingerprint density at radius 1 is 1.12 bits per heavy atom. The zero-order valence-corrected chi connectivity index (χ0v) is 9.61. The van der Waals surface area contributed by atoms with Crippen molar-refractivity contribution in [3.8, 4) is 10.4 Å². The second-order valence-corrected chi connectivity index (χ2v) is 4.69. The molecule has 3 rings (SSSR count). The Hall–Kier alpha value is -1.38. The van der Waals surface area contributed by atoms with E-state index >= 15 is 0 Å². The van der Waals surface area contributed by atoms with Gasteiger partial charge < -0.3 is 4.74 Å². The summed E-state index contributed by atoms with van der Waals surface area (Å²) in [4.78, 5) is 1.31. The quantitative estimate of drug-likeness (QED) is 0.705. The van der Waals surface area contributed by atoms with Crippen molar-refractivity contribution in [1.29, 1.82) is 0 Å². The molecule has 1 atom stereocenters. The predicted octanol–water partition coefficient (Wildman–Crippen LogP) is 4.04. The summed E-state index contributed by atoms with van der Waals surface area (Å²) in [6, 6.07) is 12.7. The first-order valence-electron chi connectivity index (χ1n) is 5.36. The van der Waals surface area contributed by atoms with Crippen LogP contribution in [-0.4, -0.2) is 6.61 Å². The molecule has 80 valence electrons. The van der Waals surface area contributed by atoms with E-state index in [1.54, 1.807) is 11.3 Å². The fourth-order valence-corrected chi connectivity index (χ4v) is 2.76. The standard InChI is InChI=1S/C14H12OS/c1-2-6-12(14-8-4-10-16-14)11(5-1)13-7-3-9-15-13/h1-8,10,13H,9H2. The van der Waals surface area contributed by atoms with Crippen molar-refractivity contribution < 1.29 is 4.74 Å². The lowest BCUT2D eigenvalue weighted by molar-refractivity contribution is 0.130. The van der Waals surface area contributed by atoms with Gasteiger partial charge in [-0.05, 0) is 22.6 Å². The fourth-order valence-electron chi connectivity index (χ4n) is 1.99. The highest BCUT2D eigenvalue weighted by atomic mass is 32.1. The van der Waals surface area contributed by atoms with Gasteiger partial charge in [0, 0.05) is 4.88 Å². The molecule has 0 aliphatic carbocycles. The zero-order valence-electron chi connectivity index (χ0n) is 8.80. The summed E-state index contributed by atoms with van der Waals surface area (Å²) in [5.74, 6) is 0. The average Bonchev–Trinajstić information content (AvgIpc) is 3.03. The summed E-state index contributed by atoms with van der Waals surface area (Å²) >= 11 is 1.77. The van der Waals surface area contributed by atoms with Crippen LogP contribution in [0, 0.1) is 0 Å². The first kappa shape index (κ1) is 9.82. The Kier molecular flexibility index (Phi) is 2.60. The van der Waals surface area contributed by atoms with E-state index in [1.807, 2.05) is 0 Å². The minimum Gasteiger partial charge on any atom is -0.365 e. The van der Waals surface area contributed by atoms with E-state index in [9.17, 15) is 0 Å². The fraction of sp³-hybridized carbons (Fsp3) is 0.143. The van der Waals surface area contributed by atoms with Gasteiger partial charge in [0.25, 0.3) is 0 Å². The minimum atomic E-state index is 0.123. The van der Waals surface area contributed by atoms with Gasteiger partial charge in [-0.25, -0.2) is 0 Å². The molecule has 1 aromatic carbocycles. The number of rotatable bonds is 2. The van der Waals surface area contributed by atoms with Crippen molar-refractivity contribution in [2.45, 2.75) is 6.10 Å². The van der Waals surface area contributed by atoms with Gasteiger partial charge in [0.2, 0.25) is 0 Å². The highest BCUT2D eigenvalue weighted by Crippen LogP contribution is 2.34. The molecule has 0 fully saturated rings. The smallest absolute Gasteiger partial charge is 0.102 e. The molecule has 2 heteroatoms. The van der Waals surface area contributed by atoms with E-state index in [-0.39, 0.29) is 6.10 Å². The molecule has 0 bridgehead atoms. The summed E-state index contributed by atoms with van der Waals surface area (Å²) in [6.45, 7) is 0.726. The average molecular weight is 228 g/mol. The van der Waals surface area contributed by atoms with Crippen molar-refractivity contribution in [2.24, 2.45) is 0 Å². The Morgan fingerprint density at radius 3 is 2.81 bits per heavy atom. The van der Waals surface area contributed by atoms with Gasteiger partial charge >= 0.3 is 0 Å². The molecule has 0 amide bonds. The lowest BCUT2D eigenvalue weighted by Gasteiger charge is -2.13. The van der Waals surface area contributed by atoms with Crippen LogP contribution in [0.15, 0.2) is 53.9 Å². The van der Waals surface area contributed by atoms with Crippen LogP contribution < -0.4 is 0 Å². The van der Waals surface area contributed by atoms with Crippen molar-refractivity contribution in [2.75, 3.05) is 6.61 Å². The summed E-state index contributed by atoms with van der Waals surface area (Å²) in [7, 11) is 0. The van der Waals surface area contributed by atoms with Gasteiger partial charge in [-0.2, -0.15) is 0 Å². The SMILES string of the molecule is C1=CC(c2ccccc2-c2cccs2)OC1. The molecular formula is C14H12OS. The first-order chi connectivity index (χ1) is 7.95. The Balaban J connectivity index is 2.07. The lowest BCUT2D eigenvalue weighted by Crippen LogP contribution is -1.97. The van der Waals surface area contributed by atoms with Crippen molar-refractivity contribution in [1.82, 2.24) is 0 Å². The molecule has 1 nitrogen and oxygen atoms in total. The summed E-state index contributed by atoms with van der Waals surface area (Å²) in [5.41, 5.74) is 2.55. The van der Waals surface area contributed by atoms with Crippen LogP contribution >= 0.6 is 11.3 Å². The number of ether oxygens (including phenoxy) is 1. The van der Waals surface area contributed by atoms with Crippen LogP contribution in [0.2, 0.25) is 0 Å². The lowest BCUT2D eigenvalue weighted by atomic mass is 10.0. The molecule has 0 N–H and O–H groups in total. The maximum atomic E-state index is 5.67. The van der Waals surface area contributed by atoms with Crippen LogP contribution in [0.5, 0.6) is 0 Å². The summed E-state index contributed by atoms with van der Waals surface area (Å²) in [6.07, 6.45) is 4.33. The van der Waals surface area contributed by atoms with Crippen LogP contribution in [-0.2, 0) is 4.74 Å². The molecule has 1 aliphatic rings. The molecule has 1 aliphatic heterocycles. The summed E-state index contributed by atoms with van der Waals surface area (Å²) in [5, 5.41) is 2.11. The highest BCUT2D eigenvalue weighted by Gasteiger charge is 2.16. The molecule has 1 unspecified atom stereocenters. The van der Waals surface area contributed by atoms with E-state index in [2.05, 4.69) is 53.9 Å². The first-order valence-corrected chi connectivity index (χ1v) is 6.24. The molecule has 0 saturated carbocycles. The van der Waals surface area contributed by atoms with E-state index in [0.29, 0.717) is 0 Å². The number of thiophene rings is 1. The topological polar surface area (TPSA) is 9.23 Å². The van der Waals surface area contributed by atoms with Gasteiger partial charge in [-0.1, -0.05) is 42.5 Å². The molecule has 16 heavy (non-hydrogen) atoms. The van der Waals surface area contributed by atoms with E-state index in [0.717, 1.165) is 6.61 Å². The normalized spacial score (nSPS) is 19.1. The second-order valence-electron chi connectivity index (χ2n) is 3.75. The van der Waals surface area contributed by atoms with Crippen LogP contribution in [0.3, 0.4) is 0 Å². The predicted molar refractivity (Wildman–Crippen MR) is 67.6 cm³/mol. The number of benzene rings is 1. The third-order valence-electron chi connectivity index (χ3n) is 2.74. The van der Waals surface area contributed by atoms with Crippen LogP contribution in [0.1, 0.15) is 11.7 Å². The van der Waals surface area contributed by atoms with Crippen LogP contribution in [0.4, 0.5) is 0 Å². The highest BCUT2D eigenvalue weighted by molar-refractivity contribution is 7.13. The zero-order chi connectivity index (χ0) is 10.8. The van der Waals surface area contributed by atoms with E-state index < -0.39 is 0 Å². The minimum absolute atomic E-state index is 0.123. The molecule has 0 saturated heterocycles. The molecule has 2 aromatic rings. The number of hydrogen-bond donors (Lipinski definition) is 0.